The number of pyridine rings is 1. The van der Waals surface area contributed by atoms with E-state index in [-0.39, 0.29) is 0 Å². The molecular weight excluding hydrogens is 122 g/mol. The first-order valence-corrected chi connectivity index (χ1v) is 3.87. The third-order valence-electron chi connectivity index (χ3n) is 2.26. The molecule has 0 unspecified atom stereocenters. The molecule has 0 aromatic carbocycles. The molecule has 1 fully saturated rings. The Bertz CT molecular complexity index is 201. The van der Waals surface area contributed by atoms with Crippen molar-refractivity contribution in [3.63, 3.8) is 0 Å². The van der Waals surface area contributed by atoms with Gasteiger partial charge >= 0.3 is 0 Å². The minimum absolute atomic E-state index is 0.827. The van der Waals surface area contributed by atoms with E-state index >= 15 is 0 Å². The lowest BCUT2D eigenvalue weighted by Crippen LogP contribution is -2.08. The standard InChI is InChI=1S/C9H11N/c1-3-8(4-1)9-5-2-6-10-7-9/h2,5-8H,1,3-4H2. The molecule has 0 bridgehead atoms. The van der Waals surface area contributed by atoms with Crippen molar-refractivity contribution in [1.29, 1.82) is 0 Å². The molecule has 1 aliphatic rings. The molecule has 1 heterocycles. The van der Waals surface area contributed by atoms with Gasteiger partial charge < -0.3 is 0 Å². The van der Waals surface area contributed by atoms with Crippen molar-refractivity contribution in [2.45, 2.75) is 25.2 Å². The Hall–Kier alpha value is -0.850. The Balaban J connectivity index is 2.18. The summed E-state index contributed by atoms with van der Waals surface area (Å²) >= 11 is 0. The second-order valence-electron chi connectivity index (χ2n) is 2.91. The molecule has 1 aliphatic carbocycles. The molecule has 0 aliphatic heterocycles. The molecule has 2 rings (SSSR count). The highest BCUT2D eigenvalue weighted by Crippen LogP contribution is 2.35. The SMILES string of the molecule is c1cncc(C2CCC2)c1. The lowest BCUT2D eigenvalue weighted by atomic mass is 9.81. The Kier molecular flexibility index (Phi) is 1.42. The molecule has 0 atom stereocenters. The minimum Gasteiger partial charge on any atom is -0.264 e. The van der Waals surface area contributed by atoms with Crippen LogP contribution in [0.1, 0.15) is 30.7 Å². The smallest absolute Gasteiger partial charge is 0.0302 e. The number of nitrogens with zero attached hydrogens (tertiary/aromatic N) is 1. The second kappa shape index (κ2) is 2.41. The van der Waals surface area contributed by atoms with E-state index in [1.165, 1.54) is 24.8 Å². The Morgan fingerprint density at radius 1 is 1.40 bits per heavy atom. The van der Waals surface area contributed by atoms with Crippen LogP contribution in [0.3, 0.4) is 0 Å². The zero-order valence-electron chi connectivity index (χ0n) is 5.96. The summed E-state index contributed by atoms with van der Waals surface area (Å²) in [7, 11) is 0. The van der Waals surface area contributed by atoms with Crippen LogP contribution in [-0.4, -0.2) is 4.98 Å². The van der Waals surface area contributed by atoms with E-state index in [2.05, 4.69) is 11.1 Å². The average Bonchev–Trinajstić information content (AvgIpc) is 1.86. The van der Waals surface area contributed by atoms with E-state index in [0.717, 1.165) is 5.92 Å². The van der Waals surface area contributed by atoms with E-state index in [1.54, 1.807) is 0 Å². The van der Waals surface area contributed by atoms with Crippen LogP contribution in [0.2, 0.25) is 0 Å². The first-order chi connectivity index (χ1) is 4.97. The van der Waals surface area contributed by atoms with Gasteiger partial charge in [0, 0.05) is 12.4 Å². The summed E-state index contributed by atoms with van der Waals surface area (Å²) in [6, 6.07) is 4.20. The molecule has 1 aromatic heterocycles. The fourth-order valence-corrected chi connectivity index (χ4v) is 1.36. The summed E-state index contributed by atoms with van der Waals surface area (Å²) in [5.41, 5.74) is 1.42. The van der Waals surface area contributed by atoms with Crippen molar-refractivity contribution in [1.82, 2.24) is 4.98 Å². The summed E-state index contributed by atoms with van der Waals surface area (Å²) in [4.78, 5) is 4.09. The Labute approximate surface area is 61.1 Å². The molecule has 0 radical (unpaired) electrons. The third-order valence-corrected chi connectivity index (χ3v) is 2.26. The summed E-state index contributed by atoms with van der Waals surface area (Å²) in [5.74, 6) is 0.827. The number of hydrogen-bond donors (Lipinski definition) is 0. The monoisotopic (exact) mass is 133 g/mol. The Morgan fingerprint density at radius 3 is 2.80 bits per heavy atom. The van der Waals surface area contributed by atoms with Crippen molar-refractivity contribution >= 4 is 0 Å². The van der Waals surface area contributed by atoms with E-state index in [4.69, 9.17) is 0 Å². The van der Waals surface area contributed by atoms with Crippen molar-refractivity contribution in [2.24, 2.45) is 0 Å². The number of rotatable bonds is 1. The predicted molar refractivity (Wildman–Crippen MR) is 40.8 cm³/mol. The first kappa shape index (κ1) is 5.90. The van der Waals surface area contributed by atoms with Gasteiger partial charge in [0.05, 0.1) is 0 Å². The molecule has 1 nitrogen and oxygen atoms in total. The highest BCUT2D eigenvalue weighted by atomic mass is 14.6. The molecule has 1 aromatic rings. The van der Waals surface area contributed by atoms with Gasteiger partial charge in [-0.3, -0.25) is 4.98 Å². The minimum atomic E-state index is 0.827. The molecule has 52 valence electrons. The van der Waals surface area contributed by atoms with Gasteiger partial charge in [0.15, 0.2) is 0 Å². The van der Waals surface area contributed by atoms with Crippen molar-refractivity contribution < 1.29 is 0 Å². The van der Waals surface area contributed by atoms with Gasteiger partial charge in [-0.2, -0.15) is 0 Å². The second-order valence-corrected chi connectivity index (χ2v) is 2.91. The summed E-state index contributed by atoms with van der Waals surface area (Å²) < 4.78 is 0. The zero-order chi connectivity index (χ0) is 6.81. The maximum absolute atomic E-state index is 4.09. The van der Waals surface area contributed by atoms with Crippen LogP contribution < -0.4 is 0 Å². The highest BCUT2D eigenvalue weighted by molar-refractivity contribution is 5.16. The highest BCUT2D eigenvalue weighted by Gasteiger charge is 2.18. The van der Waals surface area contributed by atoms with Gasteiger partial charge in [-0.15, -0.1) is 0 Å². The summed E-state index contributed by atoms with van der Waals surface area (Å²) in [5, 5.41) is 0. The van der Waals surface area contributed by atoms with Gasteiger partial charge in [-0.25, -0.2) is 0 Å². The van der Waals surface area contributed by atoms with Gasteiger partial charge in [0.25, 0.3) is 0 Å². The molecule has 0 amide bonds. The molecule has 1 saturated carbocycles. The predicted octanol–water partition coefficient (Wildman–Crippen LogP) is 2.35. The van der Waals surface area contributed by atoms with E-state index < -0.39 is 0 Å². The summed E-state index contributed by atoms with van der Waals surface area (Å²) in [6.07, 6.45) is 7.96. The van der Waals surface area contributed by atoms with Gasteiger partial charge in [-0.1, -0.05) is 12.5 Å². The lowest BCUT2D eigenvalue weighted by Gasteiger charge is -2.24. The average molecular weight is 133 g/mol. The lowest BCUT2D eigenvalue weighted by molar-refractivity contribution is 0.419. The van der Waals surface area contributed by atoms with E-state index in [0.29, 0.717) is 0 Å². The third kappa shape index (κ3) is 0.919. The van der Waals surface area contributed by atoms with Crippen LogP contribution in [-0.2, 0) is 0 Å². The van der Waals surface area contributed by atoms with Crippen molar-refractivity contribution in [3.05, 3.63) is 30.1 Å². The fraction of sp³-hybridized carbons (Fsp3) is 0.444. The fourth-order valence-electron chi connectivity index (χ4n) is 1.36. The maximum atomic E-state index is 4.09. The quantitative estimate of drug-likeness (QED) is 0.573. The molecule has 10 heavy (non-hydrogen) atoms. The van der Waals surface area contributed by atoms with Crippen LogP contribution in [0.4, 0.5) is 0 Å². The number of hydrogen-bond acceptors (Lipinski definition) is 1. The van der Waals surface area contributed by atoms with E-state index in [1.807, 2.05) is 18.5 Å². The van der Waals surface area contributed by atoms with Crippen molar-refractivity contribution in [2.75, 3.05) is 0 Å². The first-order valence-electron chi connectivity index (χ1n) is 3.87. The van der Waals surface area contributed by atoms with Crippen LogP contribution in [0.15, 0.2) is 24.5 Å². The van der Waals surface area contributed by atoms with Crippen LogP contribution in [0.25, 0.3) is 0 Å². The zero-order valence-corrected chi connectivity index (χ0v) is 5.96. The van der Waals surface area contributed by atoms with Crippen LogP contribution in [0.5, 0.6) is 0 Å². The number of aromatic nitrogens is 1. The van der Waals surface area contributed by atoms with Crippen molar-refractivity contribution in [3.8, 4) is 0 Å². The van der Waals surface area contributed by atoms with E-state index in [9.17, 15) is 0 Å². The molecule has 1 heteroatoms. The molecule has 0 saturated heterocycles. The molecular formula is C9H11N. The van der Waals surface area contributed by atoms with Crippen LogP contribution in [0, 0.1) is 0 Å². The topological polar surface area (TPSA) is 12.9 Å². The van der Waals surface area contributed by atoms with Gasteiger partial charge in [-0.05, 0) is 30.4 Å². The summed E-state index contributed by atoms with van der Waals surface area (Å²) in [6.45, 7) is 0. The van der Waals surface area contributed by atoms with Gasteiger partial charge in [0.2, 0.25) is 0 Å². The molecule has 0 spiro atoms. The van der Waals surface area contributed by atoms with Gasteiger partial charge in [0.1, 0.15) is 0 Å². The maximum Gasteiger partial charge on any atom is 0.0302 e. The normalized spacial score (nSPS) is 18.4. The molecule has 0 N–H and O–H groups in total. The largest absolute Gasteiger partial charge is 0.264 e. The van der Waals surface area contributed by atoms with Crippen LogP contribution >= 0.6 is 0 Å². The Morgan fingerprint density at radius 2 is 2.30 bits per heavy atom.